The predicted molar refractivity (Wildman–Crippen MR) is 107 cm³/mol. The van der Waals surface area contributed by atoms with Gasteiger partial charge in [-0.05, 0) is 57.0 Å². The summed E-state index contributed by atoms with van der Waals surface area (Å²) >= 11 is 0. The summed E-state index contributed by atoms with van der Waals surface area (Å²) in [6.45, 7) is 6.49. The molecule has 0 bridgehead atoms. The summed E-state index contributed by atoms with van der Waals surface area (Å²) in [6.07, 6.45) is 5.22. The van der Waals surface area contributed by atoms with Gasteiger partial charge in [-0.3, -0.25) is 4.57 Å². The van der Waals surface area contributed by atoms with Gasteiger partial charge in [-0.2, -0.15) is 0 Å². The molecule has 3 aromatic heterocycles. The van der Waals surface area contributed by atoms with Crippen LogP contribution in [0.15, 0.2) is 34.9 Å². The van der Waals surface area contributed by atoms with E-state index in [1.165, 1.54) is 6.42 Å². The highest BCUT2D eigenvalue weighted by Crippen LogP contribution is 2.23. The summed E-state index contributed by atoms with van der Waals surface area (Å²) in [4.78, 5) is 11.8. The molecular weight excluding hydrogens is 340 g/mol. The van der Waals surface area contributed by atoms with Crippen LogP contribution in [0.1, 0.15) is 30.8 Å². The van der Waals surface area contributed by atoms with Crippen LogP contribution < -0.4 is 11.1 Å². The molecule has 0 spiro atoms. The molecule has 7 heteroatoms. The Bertz CT molecular complexity index is 886. The molecule has 1 fully saturated rings. The fraction of sp³-hybridized carbons (Fsp3) is 0.500. The second-order valence-electron chi connectivity index (χ2n) is 7.28. The van der Waals surface area contributed by atoms with E-state index >= 15 is 0 Å². The molecule has 1 atom stereocenters. The second kappa shape index (κ2) is 8.10. The third-order valence-electron chi connectivity index (χ3n) is 5.21. The molecule has 4 rings (SSSR count). The van der Waals surface area contributed by atoms with E-state index in [0.717, 1.165) is 67.7 Å². The number of anilines is 1. The van der Waals surface area contributed by atoms with Gasteiger partial charge in [-0.15, -0.1) is 0 Å². The van der Waals surface area contributed by atoms with Crippen molar-refractivity contribution in [2.24, 2.45) is 5.73 Å². The Labute approximate surface area is 159 Å². The first-order chi connectivity index (χ1) is 13.2. The van der Waals surface area contributed by atoms with Crippen LogP contribution in [0, 0.1) is 6.92 Å². The number of hydrogen-bond acceptors (Lipinski definition) is 6. The summed E-state index contributed by atoms with van der Waals surface area (Å²) in [5, 5.41) is 3.68. The Morgan fingerprint density at radius 1 is 1.26 bits per heavy atom. The lowest BCUT2D eigenvalue weighted by atomic mass is 10.1. The molecule has 1 aliphatic rings. The third-order valence-corrected chi connectivity index (χ3v) is 5.21. The Hall–Kier alpha value is -2.38. The molecule has 4 heterocycles. The topological polar surface area (TPSA) is 85.1 Å². The largest absolute Gasteiger partial charge is 0.464 e. The van der Waals surface area contributed by atoms with Crippen molar-refractivity contribution in [3.8, 4) is 0 Å². The normalized spacial score (nSPS) is 18.7. The van der Waals surface area contributed by atoms with Gasteiger partial charge in [-0.1, -0.05) is 0 Å². The van der Waals surface area contributed by atoms with E-state index in [2.05, 4.69) is 19.8 Å². The number of likely N-dealkylation sites (tertiary alicyclic amines) is 1. The summed E-state index contributed by atoms with van der Waals surface area (Å²) in [5.74, 6) is 2.70. The molecule has 1 saturated heterocycles. The molecule has 0 saturated carbocycles. The molecule has 1 aliphatic heterocycles. The molecule has 3 N–H and O–H groups in total. The van der Waals surface area contributed by atoms with Crippen molar-refractivity contribution in [3.63, 3.8) is 0 Å². The SMILES string of the molecule is Cc1ccc(Cn2c(NC3CCCN(CCN)CC3)nc3cccnc32)o1. The van der Waals surface area contributed by atoms with Crippen LogP contribution >= 0.6 is 0 Å². The Morgan fingerprint density at radius 3 is 3.00 bits per heavy atom. The lowest BCUT2D eigenvalue weighted by Gasteiger charge is -2.20. The summed E-state index contributed by atoms with van der Waals surface area (Å²) in [7, 11) is 0. The molecule has 0 aromatic carbocycles. The van der Waals surface area contributed by atoms with Crippen molar-refractivity contribution in [1.82, 2.24) is 19.4 Å². The maximum atomic E-state index is 5.79. The van der Waals surface area contributed by atoms with Gasteiger partial charge in [0.1, 0.15) is 17.0 Å². The van der Waals surface area contributed by atoms with Crippen LogP contribution in [-0.2, 0) is 6.54 Å². The van der Waals surface area contributed by atoms with Crippen molar-refractivity contribution >= 4 is 17.1 Å². The summed E-state index contributed by atoms with van der Waals surface area (Å²) < 4.78 is 7.91. The first-order valence-corrected chi connectivity index (χ1v) is 9.78. The Balaban J connectivity index is 1.56. The highest BCUT2D eigenvalue weighted by Gasteiger charge is 2.20. The van der Waals surface area contributed by atoms with Crippen molar-refractivity contribution in [1.29, 1.82) is 0 Å². The molecule has 3 aromatic rings. The van der Waals surface area contributed by atoms with Crippen molar-refractivity contribution in [2.75, 3.05) is 31.5 Å². The first-order valence-electron chi connectivity index (χ1n) is 9.78. The van der Waals surface area contributed by atoms with Gasteiger partial charge < -0.3 is 20.4 Å². The number of nitrogens with zero attached hydrogens (tertiary/aromatic N) is 4. The maximum absolute atomic E-state index is 5.79. The lowest BCUT2D eigenvalue weighted by molar-refractivity contribution is 0.292. The number of nitrogens with two attached hydrogens (primary N) is 1. The molecule has 7 nitrogen and oxygen atoms in total. The average molecular weight is 368 g/mol. The molecule has 0 radical (unpaired) electrons. The van der Waals surface area contributed by atoms with Crippen molar-refractivity contribution in [3.05, 3.63) is 42.0 Å². The second-order valence-corrected chi connectivity index (χ2v) is 7.28. The van der Waals surface area contributed by atoms with E-state index in [-0.39, 0.29) is 0 Å². The molecule has 0 aliphatic carbocycles. The van der Waals surface area contributed by atoms with Gasteiger partial charge in [0.15, 0.2) is 5.65 Å². The highest BCUT2D eigenvalue weighted by molar-refractivity contribution is 5.74. The van der Waals surface area contributed by atoms with Crippen LogP contribution in [0.4, 0.5) is 5.95 Å². The van der Waals surface area contributed by atoms with Gasteiger partial charge in [0, 0.05) is 31.9 Å². The fourth-order valence-corrected chi connectivity index (χ4v) is 3.83. The van der Waals surface area contributed by atoms with Crippen LogP contribution in [0.25, 0.3) is 11.2 Å². The van der Waals surface area contributed by atoms with Crippen LogP contribution in [0.3, 0.4) is 0 Å². The molecule has 1 unspecified atom stereocenters. The summed E-state index contributed by atoms with van der Waals surface area (Å²) in [5.41, 5.74) is 7.51. The van der Waals surface area contributed by atoms with Gasteiger partial charge in [0.25, 0.3) is 0 Å². The number of aromatic nitrogens is 3. The van der Waals surface area contributed by atoms with Crippen molar-refractivity contribution in [2.45, 2.75) is 38.8 Å². The molecule has 27 heavy (non-hydrogen) atoms. The number of aryl methyl sites for hydroxylation is 1. The van der Waals surface area contributed by atoms with Crippen LogP contribution in [0.2, 0.25) is 0 Å². The minimum absolute atomic E-state index is 0.404. The zero-order chi connectivity index (χ0) is 18.6. The number of hydrogen-bond donors (Lipinski definition) is 2. The third kappa shape index (κ3) is 4.14. The number of fused-ring (bicyclic) bond motifs is 1. The summed E-state index contributed by atoms with van der Waals surface area (Å²) in [6, 6.07) is 8.35. The number of pyridine rings is 1. The lowest BCUT2D eigenvalue weighted by Crippen LogP contribution is -2.31. The Kier molecular flexibility index (Phi) is 5.40. The molecule has 144 valence electrons. The quantitative estimate of drug-likeness (QED) is 0.696. The van der Waals surface area contributed by atoms with E-state index < -0.39 is 0 Å². The van der Waals surface area contributed by atoms with Crippen LogP contribution in [0.5, 0.6) is 0 Å². The number of nitrogens with one attached hydrogen (secondary N) is 1. The highest BCUT2D eigenvalue weighted by atomic mass is 16.3. The number of imidazole rings is 1. The van der Waals surface area contributed by atoms with E-state index in [9.17, 15) is 0 Å². The zero-order valence-corrected chi connectivity index (χ0v) is 15.9. The van der Waals surface area contributed by atoms with Gasteiger partial charge in [0.05, 0.1) is 6.54 Å². The minimum Gasteiger partial charge on any atom is -0.464 e. The van der Waals surface area contributed by atoms with Crippen molar-refractivity contribution < 1.29 is 4.42 Å². The monoisotopic (exact) mass is 368 g/mol. The number of rotatable bonds is 6. The average Bonchev–Trinajstić information content (AvgIpc) is 3.14. The number of furan rings is 1. The van der Waals surface area contributed by atoms with E-state index in [1.807, 2.05) is 37.4 Å². The zero-order valence-electron chi connectivity index (χ0n) is 15.9. The Morgan fingerprint density at radius 2 is 2.19 bits per heavy atom. The maximum Gasteiger partial charge on any atom is 0.205 e. The standard InChI is InChI=1S/C20H28N6O/c1-15-6-7-17(27-15)14-26-19-18(5-2-10-22-19)24-20(26)23-16-4-3-11-25(12-8-16)13-9-21/h2,5-7,10,16H,3-4,8-9,11-14,21H2,1H3,(H,23,24). The predicted octanol–water partition coefficient (Wildman–Crippen LogP) is 2.61. The molecular formula is C20H28N6O. The minimum atomic E-state index is 0.404. The van der Waals surface area contributed by atoms with Gasteiger partial charge in [0.2, 0.25) is 5.95 Å². The molecule has 0 amide bonds. The smallest absolute Gasteiger partial charge is 0.205 e. The van der Waals surface area contributed by atoms with E-state index in [0.29, 0.717) is 12.6 Å². The van der Waals surface area contributed by atoms with Gasteiger partial charge in [-0.25, -0.2) is 9.97 Å². The first kappa shape index (κ1) is 18.0. The van der Waals surface area contributed by atoms with E-state index in [1.54, 1.807) is 0 Å². The fourth-order valence-electron chi connectivity index (χ4n) is 3.83. The van der Waals surface area contributed by atoms with Crippen LogP contribution in [-0.4, -0.2) is 51.7 Å². The van der Waals surface area contributed by atoms with Gasteiger partial charge >= 0.3 is 0 Å². The van der Waals surface area contributed by atoms with E-state index in [4.69, 9.17) is 15.1 Å².